The van der Waals surface area contributed by atoms with E-state index in [1.165, 1.54) is 5.56 Å². The van der Waals surface area contributed by atoms with Gasteiger partial charge in [-0.1, -0.05) is 12.1 Å². The van der Waals surface area contributed by atoms with E-state index in [4.69, 9.17) is 9.47 Å². The summed E-state index contributed by atoms with van der Waals surface area (Å²) in [5, 5.41) is 0. The average molecular weight is 192 g/mol. The first kappa shape index (κ1) is 9.53. The summed E-state index contributed by atoms with van der Waals surface area (Å²) in [4.78, 5) is 0. The largest absolute Gasteiger partial charge is 0.497 e. The van der Waals surface area contributed by atoms with E-state index >= 15 is 0 Å². The van der Waals surface area contributed by atoms with Crippen LogP contribution in [0.15, 0.2) is 24.3 Å². The SMILES string of the molecule is COc1cccc(CC[C@@H]2O[C@H]2C)c1. The maximum Gasteiger partial charge on any atom is 0.119 e. The van der Waals surface area contributed by atoms with Crippen molar-refractivity contribution >= 4 is 0 Å². The molecule has 0 radical (unpaired) electrons. The van der Waals surface area contributed by atoms with Crippen LogP contribution in [0.25, 0.3) is 0 Å². The predicted octanol–water partition coefficient (Wildman–Crippen LogP) is 2.42. The zero-order valence-corrected chi connectivity index (χ0v) is 8.69. The summed E-state index contributed by atoms with van der Waals surface area (Å²) in [6.07, 6.45) is 3.15. The number of rotatable bonds is 4. The Morgan fingerprint density at radius 2 is 2.21 bits per heavy atom. The monoisotopic (exact) mass is 192 g/mol. The average Bonchev–Trinajstić information content (AvgIpc) is 2.92. The minimum absolute atomic E-state index is 0.473. The van der Waals surface area contributed by atoms with E-state index in [0.29, 0.717) is 12.2 Å². The van der Waals surface area contributed by atoms with E-state index in [9.17, 15) is 0 Å². The van der Waals surface area contributed by atoms with Gasteiger partial charge in [0.2, 0.25) is 0 Å². The third kappa shape index (κ3) is 2.26. The van der Waals surface area contributed by atoms with Crippen molar-refractivity contribution in [2.45, 2.75) is 32.0 Å². The summed E-state index contributed by atoms with van der Waals surface area (Å²) in [6.45, 7) is 2.12. The molecule has 1 aromatic carbocycles. The van der Waals surface area contributed by atoms with Crippen LogP contribution in [0.1, 0.15) is 18.9 Å². The summed E-state index contributed by atoms with van der Waals surface area (Å²) in [6, 6.07) is 8.23. The lowest BCUT2D eigenvalue weighted by Gasteiger charge is -2.02. The Morgan fingerprint density at radius 3 is 2.86 bits per heavy atom. The predicted molar refractivity (Wildman–Crippen MR) is 55.7 cm³/mol. The number of methoxy groups -OCH3 is 1. The number of ether oxygens (including phenoxy) is 2. The first-order chi connectivity index (χ1) is 6.79. The Bertz CT molecular complexity index is 309. The van der Waals surface area contributed by atoms with Crippen molar-refractivity contribution in [3.63, 3.8) is 0 Å². The number of epoxide rings is 1. The highest BCUT2D eigenvalue weighted by atomic mass is 16.6. The molecule has 76 valence electrons. The van der Waals surface area contributed by atoms with Crippen molar-refractivity contribution in [1.82, 2.24) is 0 Å². The number of hydrogen-bond acceptors (Lipinski definition) is 2. The number of hydrogen-bond donors (Lipinski definition) is 0. The van der Waals surface area contributed by atoms with E-state index in [2.05, 4.69) is 19.1 Å². The minimum atomic E-state index is 0.473. The minimum Gasteiger partial charge on any atom is -0.497 e. The fraction of sp³-hybridized carbons (Fsp3) is 0.500. The molecule has 0 N–H and O–H groups in total. The standard InChI is InChI=1S/C12H16O2/c1-9-12(14-9)7-6-10-4-3-5-11(8-10)13-2/h3-5,8-9,12H,6-7H2,1-2H3/t9-,12-/m0/s1. The van der Waals surface area contributed by atoms with E-state index < -0.39 is 0 Å². The maximum absolute atomic E-state index is 5.36. The van der Waals surface area contributed by atoms with Gasteiger partial charge in [0.05, 0.1) is 19.3 Å². The lowest BCUT2D eigenvalue weighted by atomic mass is 10.1. The molecule has 2 rings (SSSR count). The van der Waals surface area contributed by atoms with Gasteiger partial charge in [0.1, 0.15) is 5.75 Å². The number of benzene rings is 1. The van der Waals surface area contributed by atoms with Crippen LogP contribution >= 0.6 is 0 Å². The molecular formula is C12H16O2. The molecule has 1 aromatic rings. The fourth-order valence-corrected chi connectivity index (χ4v) is 1.67. The molecule has 2 atom stereocenters. The zero-order chi connectivity index (χ0) is 9.97. The summed E-state index contributed by atoms with van der Waals surface area (Å²) in [7, 11) is 1.70. The highest BCUT2D eigenvalue weighted by Gasteiger charge is 2.33. The van der Waals surface area contributed by atoms with Gasteiger partial charge in [-0.25, -0.2) is 0 Å². The summed E-state index contributed by atoms with van der Waals surface area (Å²) in [5.74, 6) is 0.937. The second-order valence-corrected chi connectivity index (χ2v) is 3.77. The summed E-state index contributed by atoms with van der Waals surface area (Å²) < 4.78 is 10.5. The van der Waals surface area contributed by atoms with E-state index in [1.54, 1.807) is 7.11 Å². The highest BCUT2D eigenvalue weighted by Crippen LogP contribution is 2.26. The smallest absolute Gasteiger partial charge is 0.119 e. The van der Waals surface area contributed by atoms with Crippen molar-refractivity contribution < 1.29 is 9.47 Å². The maximum atomic E-state index is 5.36. The van der Waals surface area contributed by atoms with Crippen LogP contribution in [0, 0.1) is 0 Å². The Hall–Kier alpha value is -1.02. The van der Waals surface area contributed by atoms with Crippen LogP contribution in [-0.4, -0.2) is 19.3 Å². The third-order valence-corrected chi connectivity index (χ3v) is 2.69. The lowest BCUT2D eigenvalue weighted by Crippen LogP contribution is -1.94. The lowest BCUT2D eigenvalue weighted by molar-refractivity contribution is 0.370. The molecule has 1 fully saturated rings. The second kappa shape index (κ2) is 4.01. The van der Waals surface area contributed by atoms with Gasteiger partial charge >= 0.3 is 0 Å². The summed E-state index contributed by atoms with van der Waals surface area (Å²) in [5.41, 5.74) is 1.33. The molecule has 0 aromatic heterocycles. The van der Waals surface area contributed by atoms with Crippen LogP contribution in [0.3, 0.4) is 0 Å². The van der Waals surface area contributed by atoms with Crippen molar-refractivity contribution in [2.24, 2.45) is 0 Å². The van der Waals surface area contributed by atoms with E-state index in [1.807, 2.05) is 12.1 Å². The molecule has 0 amide bonds. The van der Waals surface area contributed by atoms with Crippen molar-refractivity contribution in [3.05, 3.63) is 29.8 Å². The molecule has 0 saturated carbocycles. The normalized spacial score (nSPS) is 24.7. The van der Waals surface area contributed by atoms with Crippen LogP contribution < -0.4 is 4.74 Å². The van der Waals surface area contributed by atoms with Crippen molar-refractivity contribution in [3.8, 4) is 5.75 Å². The number of aryl methyl sites for hydroxylation is 1. The van der Waals surface area contributed by atoms with E-state index in [0.717, 1.165) is 18.6 Å². The van der Waals surface area contributed by atoms with Crippen LogP contribution in [0.5, 0.6) is 5.75 Å². The van der Waals surface area contributed by atoms with Gasteiger partial charge < -0.3 is 9.47 Å². The Kier molecular flexibility index (Phi) is 2.73. The van der Waals surface area contributed by atoms with Crippen LogP contribution in [0.4, 0.5) is 0 Å². The van der Waals surface area contributed by atoms with E-state index in [-0.39, 0.29) is 0 Å². The molecule has 1 aliphatic rings. The highest BCUT2D eigenvalue weighted by molar-refractivity contribution is 5.28. The van der Waals surface area contributed by atoms with Gasteiger partial charge in [-0.05, 0) is 37.5 Å². The topological polar surface area (TPSA) is 21.8 Å². The van der Waals surface area contributed by atoms with Gasteiger partial charge in [-0.3, -0.25) is 0 Å². The molecule has 0 aliphatic carbocycles. The van der Waals surface area contributed by atoms with Gasteiger partial charge in [-0.15, -0.1) is 0 Å². The quantitative estimate of drug-likeness (QED) is 0.683. The molecule has 2 nitrogen and oxygen atoms in total. The molecule has 0 bridgehead atoms. The van der Waals surface area contributed by atoms with Gasteiger partial charge in [0.25, 0.3) is 0 Å². The first-order valence-electron chi connectivity index (χ1n) is 5.08. The Morgan fingerprint density at radius 1 is 1.43 bits per heavy atom. The van der Waals surface area contributed by atoms with Gasteiger partial charge in [0.15, 0.2) is 0 Å². The first-order valence-corrected chi connectivity index (χ1v) is 5.08. The Balaban J connectivity index is 1.88. The molecular weight excluding hydrogens is 176 g/mol. The molecule has 1 saturated heterocycles. The molecule has 1 heterocycles. The third-order valence-electron chi connectivity index (χ3n) is 2.69. The van der Waals surface area contributed by atoms with Crippen LogP contribution in [-0.2, 0) is 11.2 Å². The molecule has 0 spiro atoms. The second-order valence-electron chi connectivity index (χ2n) is 3.77. The molecule has 1 aliphatic heterocycles. The summed E-state index contributed by atoms with van der Waals surface area (Å²) >= 11 is 0. The molecule has 2 heteroatoms. The zero-order valence-electron chi connectivity index (χ0n) is 8.69. The molecule has 0 unspecified atom stereocenters. The van der Waals surface area contributed by atoms with Gasteiger partial charge in [0, 0.05) is 0 Å². The van der Waals surface area contributed by atoms with Crippen molar-refractivity contribution in [2.75, 3.05) is 7.11 Å². The van der Waals surface area contributed by atoms with Gasteiger partial charge in [-0.2, -0.15) is 0 Å². The van der Waals surface area contributed by atoms with Crippen LogP contribution in [0.2, 0.25) is 0 Å². The Labute approximate surface area is 84.8 Å². The molecule has 14 heavy (non-hydrogen) atoms. The van der Waals surface area contributed by atoms with Crippen molar-refractivity contribution in [1.29, 1.82) is 0 Å². The fourth-order valence-electron chi connectivity index (χ4n) is 1.67.